The van der Waals surface area contributed by atoms with Gasteiger partial charge in [0.25, 0.3) is 0 Å². The van der Waals surface area contributed by atoms with E-state index < -0.39 is 0 Å². The summed E-state index contributed by atoms with van der Waals surface area (Å²) in [5.74, 6) is 1.14. The number of anilines is 1. The van der Waals surface area contributed by atoms with E-state index in [4.69, 9.17) is 9.47 Å². The second-order valence-electron chi connectivity index (χ2n) is 5.38. The third-order valence-corrected chi connectivity index (χ3v) is 5.62. The van der Waals surface area contributed by atoms with Crippen LogP contribution in [-0.2, 0) is 9.53 Å². The molecule has 1 aromatic heterocycles. The maximum Gasteiger partial charge on any atom is 0.230 e. The van der Waals surface area contributed by atoms with Crippen molar-refractivity contribution in [3.63, 3.8) is 0 Å². The number of benzene rings is 1. The van der Waals surface area contributed by atoms with Crippen LogP contribution < -0.4 is 15.4 Å². The first kappa shape index (κ1) is 18.0. The Hall–Kier alpha value is -1.84. The first-order chi connectivity index (χ1) is 12.3. The molecule has 25 heavy (non-hydrogen) atoms. The predicted octanol–water partition coefficient (Wildman–Crippen LogP) is 2.33. The van der Waals surface area contributed by atoms with Crippen LogP contribution in [0.2, 0.25) is 0 Å². The number of rotatable bonds is 8. The van der Waals surface area contributed by atoms with Crippen molar-refractivity contribution in [2.45, 2.75) is 16.8 Å². The second kappa shape index (κ2) is 9.02. The highest BCUT2D eigenvalue weighted by Gasteiger charge is 2.22. The van der Waals surface area contributed by atoms with E-state index in [2.05, 4.69) is 20.8 Å². The van der Waals surface area contributed by atoms with Gasteiger partial charge >= 0.3 is 0 Å². The Kier molecular flexibility index (Phi) is 6.48. The van der Waals surface area contributed by atoms with Crippen LogP contribution in [-0.4, -0.2) is 48.7 Å². The molecule has 2 N–H and O–H groups in total. The molecule has 1 atom stereocenters. The topological polar surface area (TPSA) is 85.4 Å². The Labute approximate surface area is 154 Å². The van der Waals surface area contributed by atoms with E-state index >= 15 is 0 Å². The monoisotopic (exact) mass is 380 g/mol. The smallest absolute Gasteiger partial charge is 0.230 e. The number of ether oxygens (including phenoxy) is 2. The lowest BCUT2D eigenvalue weighted by Crippen LogP contribution is -2.33. The van der Waals surface area contributed by atoms with Gasteiger partial charge in [-0.15, -0.1) is 10.2 Å². The predicted molar refractivity (Wildman–Crippen MR) is 98.4 cm³/mol. The fraction of sp³-hybridized carbons (Fsp3) is 0.438. The highest BCUT2D eigenvalue weighted by Crippen LogP contribution is 2.32. The molecule has 7 nitrogen and oxygen atoms in total. The molecular weight excluding hydrogens is 360 g/mol. The zero-order valence-electron chi connectivity index (χ0n) is 13.9. The molecule has 134 valence electrons. The van der Waals surface area contributed by atoms with Gasteiger partial charge in [-0.05, 0) is 6.07 Å². The molecule has 0 bridgehead atoms. The van der Waals surface area contributed by atoms with Gasteiger partial charge in [-0.2, -0.15) is 0 Å². The van der Waals surface area contributed by atoms with E-state index in [9.17, 15) is 4.79 Å². The molecule has 0 saturated heterocycles. The molecule has 0 spiro atoms. The van der Waals surface area contributed by atoms with Crippen molar-refractivity contribution in [1.82, 2.24) is 15.5 Å². The highest BCUT2D eigenvalue weighted by molar-refractivity contribution is 8.01. The number of amides is 1. The van der Waals surface area contributed by atoms with Crippen LogP contribution in [0.1, 0.15) is 18.0 Å². The summed E-state index contributed by atoms with van der Waals surface area (Å²) in [6.45, 7) is 1.90. The van der Waals surface area contributed by atoms with E-state index in [0.717, 1.165) is 27.2 Å². The lowest BCUT2D eigenvalue weighted by atomic mass is 10.0. The zero-order valence-corrected chi connectivity index (χ0v) is 15.5. The molecule has 2 heterocycles. The Bertz CT molecular complexity index is 710. The van der Waals surface area contributed by atoms with E-state index in [1.807, 2.05) is 24.3 Å². The summed E-state index contributed by atoms with van der Waals surface area (Å²) in [7, 11) is 1.65. The van der Waals surface area contributed by atoms with Gasteiger partial charge in [0.2, 0.25) is 11.0 Å². The molecule has 1 aliphatic rings. The van der Waals surface area contributed by atoms with Gasteiger partial charge in [0.1, 0.15) is 5.75 Å². The average Bonchev–Trinajstić information content (AvgIpc) is 3.08. The normalized spacial score (nSPS) is 16.0. The number of nitrogens with zero attached hydrogens (tertiary/aromatic N) is 2. The van der Waals surface area contributed by atoms with Gasteiger partial charge in [-0.25, -0.2) is 0 Å². The molecule has 9 heteroatoms. The van der Waals surface area contributed by atoms with Gasteiger partial charge in [-0.3, -0.25) is 4.79 Å². The van der Waals surface area contributed by atoms with Gasteiger partial charge in [0.05, 0.1) is 25.0 Å². The van der Waals surface area contributed by atoms with Crippen LogP contribution in [0.25, 0.3) is 0 Å². The minimum absolute atomic E-state index is 0.00117. The summed E-state index contributed by atoms with van der Waals surface area (Å²) >= 11 is 2.82. The summed E-state index contributed by atoms with van der Waals surface area (Å²) in [5.41, 5.74) is 1.03. The quantitative estimate of drug-likeness (QED) is 0.537. The third-order valence-electron chi connectivity index (χ3n) is 3.61. The number of fused-ring (bicyclic) bond motifs is 1. The van der Waals surface area contributed by atoms with E-state index in [1.54, 1.807) is 7.11 Å². The van der Waals surface area contributed by atoms with E-state index in [0.29, 0.717) is 25.5 Å². The number of methoxy groups -OCH3 is 1. The van der Waals surface area contributed by atoms with Crippen molar-refractivity contribution >= 4 is 34.1 Å². The maximum absolute atomic E-state index is 12.3. The maximum atomic E-state index is 12.3. The summed E-state index contributed by atoms with van der Waals surface area (Å²) in [6.07, 6.45) is 0.778. The zero-order chi connectivity index (χ0) is 17.5. The lowest BCUT2D eigenvalue weighted by molar-refractivity contribution is -0.119. The molecule has 0 fully saturated rings. The van der Waals surface area contributed by atoms with Crippen molar-refractivity contribution in [1.29, 1.82) is 0 Å². The Morgan fingerprint density at radius 3 is 3.20 bits per heavy atom. The molecule has 1 aromatic carbocycles. The summed E-state index contributed by atoms with van der Waals surface area (Å²) in [4.78, 5) is 12.3. The van der Waals surface area contributed by atoms with Crippen LogP contribution in [0.3, 0.4) is 0 Å². The largest absolute Gasteiger partial charge is 0.493 e. The molecule has 0 saturated carbocycles. The fourth-order valence-corrected chi connectivity index (χ4v) is 4.04. The van der Waals surface area contributed by atoms with E-state index in [-0.39, 0.29) is 11.9 Å². The average molecular weight is 380 g/mol. The highest BCUT2D eigenvalue weighted by atomic mass is 32.2. The molecule has 3 rings (SSSR count). The van der Waals surface area contributed by atoms with Crippen LogP contribution >= 0.6 is 23.1 Å². The standard InChI is InChI=1S/C16H20N4O3S2/c1-22-9-7-17-15-19-20-16(25-15)24-10-14(21)18-12-6-8-23-13-5-3-2-4-11(12)13/h2-5,12H,6-10H2,1H3,(H,17,19)(H,18,21)/t12-/m1/s1. The van der Waals surface area contributed by atoms with E-state index in [1.165, 1.54) is 23.1 Å². The summed E-state index contributed by atoms with van der Waals surface area (Å²) in [6, 6.07) is 7.82. The number of hydrogen-bond acceptors (Lipinski definition) is 8. The van der Waals surface area contributed by atoms with Crippen molar-refractivity contribution in [3.05, 3.63) is 29.8 Å². The fourth-order valence-electron chi connectivity index (χ4n) is 2.45. The number of nitrogens with one attached hydrogen (secondary N) is 2. The van der Waals surface area contributed by atoms with Crippen LogP contribution in [0.4, 0.5) is 5.13 Å². The Balaban J connectivity index is 1.47. The molecule has 0 aliphatic carbocycles. The third kappa shape index (κ3) is 5.07. The minimum atomic E-state index is -0.0178. The van der Waals surface area contributed by atoms with Crippen molar-refractivity contribution in [3.8, 4) is 5.75 Å². The molecule has 2 aromatic rings. The van der Waals surface area contributed by atoms with Crippen LogP contribution in [0.5, 0.6) is 5.75 Å². The van der Waals surface area contributed by atoms with Crippen LogP contribution in [0.15, 0.2) is 28.6 Å². The van der Waals surface area contributed by atoms with Crippen molar-refractivity contribution < 1.29 is 14.3 Å². The molecular formula is C16H20N4O3S2. The molecule has 0 unspecified atom stereocenters. The number of carbonyl (C=O) groups excluding carboxylic acids is 1. The summed E-state index contributed by atoms with van der Waals surface area (Å²) < 4.78 is 11.4. The van der Waals surface area contributed by atoms with Crippen molar-refractivity contribution in [2.24, 2.45) is 0 Å². The molecule has 1 aliphatic heterocycles. The van der Waals surface area contributed by atoms with Gasteiger partial charge in [0.15, 0.2) is 4.34 Å². The second-order valence-corrected chi connectivity index (χ2v) is 7.58. The number of hydrogen-bond donors (Lipinski definition) is 2. The number of aromatic nitrogens is 2. The molecule has 1 amide bonds. The number of carbonyl (C=O) groups is 1. The Morgan fingerprint density at radius 1 is 1.44 bits per heavy atom. The van der Waals surface area contributed by atoms with Gasteiger partial charge in [-0.1, -0.05) is 41.3 Å². The Morgan fingerprint density at radius 2 is 2.32 bits per heavy atom. The first-order valence-electron chi connectivity index (χ1n) is 7.96. The summed E-state index contributed by atoms with van der Waals surface area (Å²) in [5, 5.41) is 15.1. The SMILES string of the molecule is COCCNc1nnc(SCC(=O)N[C@@H]2CCOc3ccccc32)s1. The van der Waals surface area contributed by atoms with Gasteiger partial charge in [0, 0.05) is 25.6 Å². The lowest BCUT2D eigenvalue weighted by Gasteiger charge is -2.26. The first-order valence-corrected chi connectivity index (χ1v) is 9.76. The minimum Gasteiger partial charge on any atom is -0.493 e. The molecule has 0 radical (unpaired) electrons. The van der Waals surface area contributed by atoms with Gasteiger partial charge < -0.3 is 20.1 Å². The van der Waals surface area contributed by atoms with Crippen molar-refractivity contribution in [2.75, 3.05) is 37.9 Å². The van der Waals surface area contributed by atoms with Crippen LogP contribution in [0, 0.1) is 0 Å². The number of para-hydroxylation sites is 1. The number of thioether (sulfide) groups is 1.